The van der Waals surface area contributed by atoms with Crippen molar-refractivity contribution in [2.75, 3.05) is 13.2 Å². The van der Waals surface area contributed by atoms with E-state index in [-0.39, 0.29) is 31.1 Å². The minimum atomic E-state index is -0.801. The van der Waals surface area contributed by atoms with Gasteiger partial charge in [-0.2, -0.15) is 0 Å². The molecule has 1 unspecified atom stereocenters. The Morgan fingerprint density at radius 2 is 0.526 bits per heavy atom. The molecule has 0 aliphatic carbocycles. The Morgan fingerprint density at radius 1 is 0.269 bits per heavy atom. The predicted octanol–water partition coefficient (Wildman–Crippen LogP) is 22.2. The summed E-state index contributed by atoms with van der Waals surface area (Å²) >= 11 is 0. The van der Waals surface area contributed by atoms with E-state index in [4.69, 9.17) is 14.2 Å². The molecule has 0 bridgehead atoms. The lowest BCUT2D eigenvalue weighted by atomic mass is 10.0. The Bertz CT molecular complexity index is 1670. The number of hydrogen-bond donors (Lipinski definition) is 0. The van der Waals surface area contributed by atoms with Gasteiger partial charge in [-0.3, -0.25) is 14.4 Å². The molecular formula is C72H118O6. The molecule has 0 spiro atoms. The molecule has 0 saturated carbocycles. The van der Waals surface area contributed by atoms with Crippen molar-refractivity contribution >= 4 is 17.9 Å². The Balaban J connectivity index is 4.38. The summed E-state index contributed by atoms with van der Waals surface area (Å²) in [6, 6.07) is 0. The molecule has 6 heteroatoms. The lowest BCUT2D eigenvalue weighted by Gasteiger charge is -2.18. The summed E-state index contributed by atoms with van der Waals surface area (Å²) in [4.78, 5) is 38.3. The number of carbonyl (C=O) groups excluding carboxylic acids is 3. The number of allylic oxidation sites excluding steroid dienone is 22. The van der Waals surface area contributed by atoms with Gasteiger partial charge in [0.1, 0.15) is 13.2 Å². The highest BCUT2D eigenvalue weighted by molar-refractivity contribution is 5.71. The van der Waals surface area contributed by atoms with Crippen molar-refractivity contribution < 1.29 is 28.6 Å². The van der Waals surface area contributed by atoms with Crippen molar-refractivity contribution in [2.24, 2.45) is 0 Å². The van der Waals surface area contributed by atoms with E-state index in [1.165, 1.54) is 89.9 Å². The molecule has 0 rings (SSSR count). The van der Waals surface area contributed by atoms with E-state index in [0.29, 0.717) is 19.3 Å². The Morgan fingerprint density at radius 3 is 0.846 bits per heavy atom. The molecular weight excluding hydrogens is 961 g/mol. The fourth-order valence-electron chi connectivity index (χ4n) is 8.59. The second-order valence-corrected chi connectivity index (χ2v) is 20.9. The molecule has 78 heavy (non-hydrogen) atoms. The van der Waals surface area contributed by atoms with Crippen molar-refractivity contribution in [2.45, 2.75) is 290 Å². The Kier molecular flexibility index (Phi) is 61.4. The van der Waals surface area contributed by atoms with E-state index in [0.717, 1.165) is 154 Å². The molecule has 0 amide bonds. The van der Waals surface area contributed by atoms with Crippen LogP contribution in [-0.2, 0) is 28.6 Å². The minimum Gasteiger partial charge on any atom is -0.462 e. The molecule has 0 heterocycles. The molecule has 0 N–H and O–H groups in total. The van der Waals surface area contributed by atoms with Crippen LogP contribution < -0.4 is 0 Å². The maximum atomic E-state index is 12.9. The third-order valence-electron chi connectivity index (χ3n) is 13.4. The third-order valence-corrected chi connectivity index (χ3v) is 13.4. The fraction of sp³-hybridized carbons (Fsp3) is 0.653. The van der Waals surface area contributed by atoms with Gasteiger partial charge < -0.3 is 14.2 Å². The number of unbranched alkanes of at least 4 members (excludes halogenated alkanes) is 24. The van der Waals surface area contributed by atoms with Gasteiger partial charge in [0.2, 0.25) is 0 Å². The van der Waals surface area contributed by atoms with Gasteiger partial charge in [-0.1, -0.05) is 283 Å². The molecule has 0 aromatic rings. The van der Waals surface area contributed by atoms with Gasteiger partial charge in [-0.15, -0.1) is 0 Å². The summed E-state index contributed by atoms with van der Waals surface area (Å²) < 4.78 is 16.9. The summed E-state index contributed by atoms with van der Waals surface area (Å²) in [7, 11) is 0. The first-order chi connectivity index (χ1) is 38.5. The Hall–Kier alpha value is -4.45. The quantitative estimate of drug-likeness (QED) is 0.0261. The predicted molar refractivity (Wildman–Crippen MR) is 339 cm³/mol. The van der Waals surface area contributed by atoms with Crippen molar-refractivity contribution in [3.63, 3.8) is 0 Å². The molecule has 0 saturated heterocycles. The fourth-order valence-corrected chi connectivity index (χ4v) is 8.59. The van der Waals surface area contributed by atoms with Crippen LogP contribution in [0.2, 0.25) is 0 Å². The zero-order chi connectivity index (χ0) is 56.4. The van der Waals surface area contributed by atoms with Crippen molar-refractivity contribution in [3.05, 3.63) is 134 Å². The normalized spacial score (nSPS) is 13.0. The third kappa shape index (κ3) is 62.4. The number of rotatable bonds is 57. The van der Waals surface area contributed by atoms with E-state index in [1.54, 1.807) is 0 Å². The van der Waals surface area contributed by atoms with Crippen LogP contribution in [0.3, 0.4) is 0 Å². The number of hydrogen-bond acceptors (Lipinski definition) is 6. The molecule has 0 aliphatic heterocycles. The van der Waals surface area contributed by atoms with Crippen LogP contribution in [-0.4, -0.2) is 37.2 Å². The summed E-state index contributed by atoms with van der Waals surface area (Å²) in [6.07, 6.45) is 91.7. The summed E-state index contributed by atoms with van der Waals surface area (Å²) in [5.74, 6) is -0.940. The summed E-state index contributed by atoms with van der Waals surface area (Å²) in [5.41, 5.74) is 0. The maximum Gasteiger partial charge on any atom is 0.306 e. The van der Waals surface area contributed by atoms with Gasteiger partial charge in [0.15, 0.2) is 6.10 Å². The van der Waals surface area contributed by atoms with E-state index in [1.807, 2.05) is 0 Å². The average Bonchev–Trinajstić information content (AvgIpc) is 3.44. The molecule has 0 aliphatic rings. The lowest BCUT2D eigenvalue weighted by Crippen LogP contribution is -2.30. The van der Waals surface area contributed by atoms with Crippen LogP contribution in [0.4, 0.5) is 0 Å². The van der Waals surface area contributed by atoms with Crippen LogP contribution in [0, 0.1) is 0 Å². The second kappa shape index (κ2) is 65.1. The first kappa shape index (κ1) is 73.5. The van der Waals surface area contributed by atoms with E-state index in [2.05, 4.69) is 154 Å². The zero-order valence-corrected chi connectivity index (χ0v) is 50.6. The summed E-state index contributed by atoms with van der Waals surface area (Å²) in [6.45, 7) is 6.43. The SMILES string of the molecule is CC/C=C\C/C=C\C/C=C\C/C=C\C/C=C\C/C=C\C/C=C\C/C=C\C/C=C\CCCCCC(=O)OCC(COC(=O)CCCCCCC/C=C\C/C=C\CCC)OC(=O)CCCCCCCCCCCCCCCCCC. The Labute approximate surface area is 481 Å². The largest absolute Gasteiger partial charge is 0.462 e. The molecule has 1 atom stereocenters. The number of esters is 3. The summed E-state index contributed by atoms with van der Waals surface area (Å²) in [5, 5.41) is 0. The smallest absolute Gasteiger partial charge is 0.306 e. The van der Waals surface area contributed by atoms with E-state index < -0.39 is 6.10 Å². The second-order valence-electron chi connectivity index (χ2n) is 20.9. The van der Waals surface area contributed by atoms with Crippen molar-refractivity contribution in [1.29, 1.82) is 0 Å². The molecule has 0 aromatic carbocycles. The van der Waals surface area contributed by atoms with Crippen molar-refractivity contribution in [1.82, 2.24) is 0 Å². The lowest BCUT2D eigenvalue weighted by molar-refractivity contribution is -0.167. The molecule has 6 nitrogen and oxygen atoms in total. The van der Waals surface area contributed by atoms with Gasteiger partial charge >= 0.3 is 17.9 Å². The minimum absolute atomic E-state index is 0.0972. The van der Waals surface area contributed by atoms with Crippen LogP contribution in [0.5, 0.6) is 0 Å². The molecule has 0 radical (unpaired) electrons. The molecule has 0 aromatic heterocycles. The molecule has 0 fully saturated rings. The first-order valence-corrected chi connectivity index (χ1v) is 32.2. The highest BCUT2D eigenvalue weighted by atomic mass is 16.6. The topological polar surface area (TPSA) is 78.9 Å². The highest BCUT2D eigenvalue weighted by Gasteiger charge is 2.19. The first-order valence-electron chi connectivity index (χ1n) is 32.2. The van der Waals surface area contributed by atoms with Gasteiger partial charge in [0.25, 0.3) is 0 Å². The monoisotopic (exact) mass is 1080 g/mol. The standard InChI is InChI=1S/C72H118O6/c1-4-7-10-13-16-19-22-25-27-29-30-31-32-33-34-35-36-37-38-39-40-41-42-43-45-47-50-53-56-59-62-65-71(74)77-68-69(67-76-70(73)64-61-58-55-52-49-46-24-21-18-15-12-9-6-3)78-72(75)66-63-60-57-54-51-48-44-28-26-23-20-17-14-11-8-5-2/h7,10,12,15-16,19,21,24-25,27,30-31,33-34,36-37,39-40,42-43,47,50,69H,4-6,8-9,11,13-14,17-18,20,22-23,26,28-29,32,35,38,41,44-46,48-49,51-68H2,1-3H3/b10-7-,15-12-,19-16-,24-21-,27-25-,31-30-,34-33-,37-36-,40-39-,43-42-,50-47-. The van der Waals surface area contributed by atoms with Crippen LogP contribution >= 0.6 is 0 Å². The van der Waals surface area contributed by atoms with Gasteiger partial charge in [0.05, 0.1) is 0 Å². The van der Waals surface area contributed by atoms with Gasteiger partial charge in [-0.25, -0.2) is 0 Å². The highest BCUT2D eigenvalue weighted by Crippen LogP contribution is 2.16. The van der Waals surface area contributed by atoms with Crippen LogP contribution in [0.25, 0.3) is 0 Å². The van der Waals surface area contributed by atoms with E-state index in [9.17, 15) is 14.4 Å². The molecule has 442 valence electrons. The van der Waals surface area contributed by atoms with Crippen LogP contribution in [0.15, 0.2) is 134 Å². The van der Waals surface area contributed by atoms with Crippen molar-refractivity contribution in [3.8, 4) is 0 Å². The van der Waals surface area contributed by atoms with Gasteiger partial charge in [0, 0.05) is 19.3 Å². The van der Waals surface area contributed by atoms with E-state index >= 15 is 0 Å². The van der Waals surface area contributed by atoms with Gasteiger partial charge in [-0.05, 0) is 116 Å². The van der Waals surface area contributed by atoms with Crippen LogP contribution in [0.1, 0.15) is 284 Å². The average molecular weight is 1080 g/mol. The number of ether oxygens (including phenoxy) is 3. The number of carbonyl (C=O) groups is 3. The zero-order valence-electron chi connectivity index (χ0n) is 50.6. The maximum absolute atomic E-state index is 12.9.